The van der Waals surface area contributed by atoms with Crippen LogP contribution in [0.1, 0.15) is 12.8 Å². The van der Waals surface area contributed by atoms with Gasteiger partial charge in [0.05, 0.1) is 12.2 Å². The molecule has 0 radical (unpaired) electrons. The highest BCUT2D eigenvalue weighted by molar-refractivity contribution is 5.29. The first-order valence-electron chi connectivity index (χ1n) is 5.12. The molecule has 8 atom stereocenters. The molecule has 1 aliphatic heterocycles. The molecule has 1 nitrogen and oxygen atoms in total. The zero-order valence-corrected chi connectivity index (χ0v) is 6.44. The highest BCUT2D eigenvalue weighted by Crippen LogP contribution is 2.81. The Morgan fingerprint density at radius 1 is 0.727 bits per heavy atom. The fraction of sp³-hybridized carbons (Fsp3) is 1.00. The van der Waals surface area contributed by atoms with Crippen LogP contribution in [0.4, 0.5) is 0 Å². The molecule has 0 spiro atoms. The second kappa shape index (κ2) is 1.10. The summed E-state index contributed by atoms with van der Waals surface area (Å²) in [6, 6.07) is 0. The van der Waals surface area contributed by atoms with E-state index in [0.717, 1.165) is 35.9 Å². The van der Waals surface area contributed by atoms with Crippen molar-refractivity contribution in [2.24, 2.45) is 35.5 Å². The predicted octanol–water partition coefficient (Wildman–Crippen LogP) is 1.29. The largest absolute Gasteiger partial charge is 0.369 e. The van der Waals surface area contributed by atoms with Crippen molar-refractivity contribution in [2.75, 3.05) is 0 Å². The van der Waals surface area contributed by atoms with Crippen LogP contribution in [0.25, 0.3) is 0 Å². The zero-order valence-electron chi connectivity index (χ0n) is 6.44. The molecule has 4 saturated carbocycles. The summed E-state index contributed by atoms with van der Waals surface area (Å²) in [5.41, 5.74) is 0. The quantitative estimate of drug-likeness (QED) is 0.471. The fourth-order valence-corrected chi connectivity index (χ4v) is 5.29. The van der Waals surface area contributed by atoms with Crippen LogP contribution in [0.5, 0.6) is 0 Å². The van der Waals surface area contributed by atoms with Gasteiger partial charge in [-0.15, -0.1) is 0 Å². The van der Waals surface area contributed by atoms with Crippen molar-refractivity contribution in [1.29, 1.82) is 0 Å². The Bertz CT molecular complexity index is 227. The maximum atomic E-state index is 5.72. The SMILES string of the molecule is C1C[C@@H]2C3C4[C@H]([C@H]5O[C@H]5[C@H]42)[C@H]13. The normalized spacial score (nSPS) is 85.1. The third kappa shape index (κ3) is 0.286. The number of fused-ring (bicyclic) bond motifs is 5. The summed E-state index contributed by atoms with van der Waals surface area (Å²) < 4.78 is 5.72. The monoisotopic (exact) mass is 148 g/mol. The highest BCUT2D eigenvalue weighted by atomic mass is 16.6. The first-order chi connectivity index (χ1) is 5.47. The molecule has 1 heteroatoms. The summed E-state index contributed by atoms with van der Waals surface area (Å²) in [5.74, 6) is 6.79. The van der Waals surface area contributed by atoms with Crippen LogP contribution < -0.4 is 0 Å². The second-order valence-corrected chi connectivity index (χ2v) is 5.28. The van der Waals surface area contributed by atoms with Crippen LogP contribution in [-0.2, 0) is 4.74 Å². The van der Waals surface area contributed by atoms with Crippen molar-refractivity contribution >= 4 is 0 Å². The Morgan fingerprint density at radius 3 is 2.00 bits per heavy atom. The van der Waals surface area contributed by atoms with Crippen LogP contribution in [-0.4, -0.2) is 12.2 Å². The molecule has 0 N–H and O–H groups in total. The minimum atomic E-state index is 0.775. The molecule has 58 valence electrons. The average Bonchev–Trinajstić information content (AvgIpc) is 2.54. The van der Waals surface area contributed by atoms with Crippen molar-refractivity contribution in [1.82, 2.24) is 0 Å². The first kappa shape index (κ1) is 4.86. The lowest BCUT2D eigenvalue weighted by atomic mass is 9.44. The van der Waals surface area contributed by atoms with Gasteiger partial charge in [0.1, 0.15) is 0 Å². The third-order valence-corrected chi connectivity index (χ3v) is 5.46. The van der Waals surface area contributed by atoms with E-state index in [-0.39, 0.29) is 0 Å². The molecule has 0 aromatic carbocycles. The van der Waals surface area contributed by atoms with Crippen molar-refractivity contribution in [3.63, 3.8) is 0 Å². The molecule has 4 aliphatic carbocycles. The fourth-order valence-electron chi connectivity index (χ4n) is 5.29. The van der Waals surface area contributed by atoms with Gasteiger partial charge >= 0.3 is 0 Å². The van der Waals surface area contributed by atoms with Gasteiger partial charge in [0.15, 0.2) is 0 Å². The molecule has 0 bridgehead atoms. The van der Waals surface area contributed by atoms with E-state index in [1.54, 1.807) is 12.8 Å². The summed E-state index contributed by atoms with van der Waals surface area (Å²) in [6.07, 6.45) is 4.66. The van der Waals surface area contributed by atoms with E-state index in [1.165, 1.54) is 11.8 Å². The van der Waals surface area contributed by atoms with Gasteiger partial charge in [-0.3, -0.25) is 0 Å². The molecule has 5 fully saturated rings. The Labute approximate surface area is 66.1 Å². The standard InChI is InChI=1S/C10H12O/c1-2-4-5-3(1)6-8(5)7(4)10-9(6)11-10/h3-10H,1-2H2/t3-,4-,5?,6-,7+,8?,9-,10+/m1/s1. The molecule has 11 heavy (non-hydrogen) atoms. The van der Waals surface area contributed by atoms with Gasteiger partial charge in [-0.2, -0.15) is 0 Å². The van der Waals surface area contributed by atoms with Crippen LogP contribution in [0.2, 0.25) is 0 Å². The van der Waals surface area contributed by atoms with Gasteiger partial charge in [-0.05, 0) is 48.3 Å². The van der Waals surface area contributed by atoms with E-state index in [9.17, 15) is 0 Å². The van der Waals surface area contributed by atoms with Crippen molar-refractivity contribution in [3.8, 4) is 0 Å². The van der Waals surface area contributed by atoms with Crippen LogP contribution >= 0.6 is 0 Å². The summed E-state index contributed by atoms with van der Waals surface area (Å²) >= 11 is 0. The lowest BCUT2D eigenvalue weighted by molar-refractivity contribution is -0.168. The highest BCUT2D eigenvalue weighted by Gasteiger charge is 2.82. The predicted molar refractivity (Wildman–Crippen MR) is 38.8 cm³/mol. The summed E-state index contributed by atoms with van der Waals surface area (Å²) in [6.45, 7) is 0. The molecule has 5 aliphatic rings. The molecule has 0 aromatic heterocycles. The second-order valence-electron chi connectivity index (χ2n) is 5.28. The Balaban J connectivity index is 1.77. The van der Waals surface area contributed by atoms with E-state index in [1.807, 2.05) is 0 Å². The zero-order chi connectivity index (χ0) is 6.74. The molecule has 2 unspecified atom stereocenters. The van der Waals surface area contributed by atoms with Crippen molar-refractivity contribution in [2.45, 2.75) is 25.0 Å². The van der Waals surface area contributed by atoms with Crippen LogP contribution in [0, 0.1) is 35.5 Å². The minimum absolute atomic E-state index is 0.775. The smallest absolute Gasteiger partial charge is 0.0878 e. The first-order valence-corrected chi connectivity index (χ1v) is 5.12. The van der Waals surface area contributed by atoms with Gasteiger partial charge in [0.2, 0.25) is 0 Å². The molecule has 5 rings (SSSR count). The van der Waals surface area contributed by atoms with Gasteiger partial charge in [0.25, 0.3) is 0 Å². The number of hydrogen-bond acceptors (Lipinski definition) is 1. The van der Waals surface area contributed by atoms with Crippen LogP contribution in [0.15, 0.2) is 0 Å². The van der Waals surface area contributed by atoms with Crippen LogP contribution in [0.3, 0.4) is 0 Å². The van der Waals surface area contributed by atoms with Gasteiger partial charge in [0, 0.05) is 0 Å². The lowest BCUT2D eigenvalue weighted by Gasteiger charge is -2.60. The topological polar surface area (TPSA) is 12.5 Å². The molecule has 0 amide bonds. The van der Waals surface area contributed by atoms with E-state index in [2.05, 4.69) is 0 Å². The lowest BCUT2D eigenvalue weighted by Crippen LogP contribution is -2.59. The van der Waals surface area contributed by atoms with Crippen molar-refractivity contribution in [3.05, 3.63) is 0 Å². The van der Waals surface area contributed by atoms with Gasteiger partial charge < -0.3 is 4.74 Å². The third-order valence-electron chi connectivity index (χ3n) is 5.46. The number of hydrogen-bond donors (Lipinski definition) is 0. The molecule has 0 aromatic rings. The number of rotatable bonds is 0. The summed E-state index contributed by atoms with van der Waals surface area (Å²) in [7, 11) is 0. The maximum absolute atomic E-state index is 5.72. The van der Waals surface area contributed by atoms with Gasteiger partial charge in [-0.25, -0.2) is 0 Å². The number of epoxide rings is 1. The van der Waals surface area contributed by atoms with E-state index < -0.39 is 0 Å². The van der Waals surface area contributed by atoms with E-state index >= 15 is 0 Å². The molecular weight excluding hydrogens is 136 g/mol. The Kier molecular flexibility index (Phi) is 0.486. The Morgan fingerprint density at radius 2 is 1.36 bits per heavy atom. The molecule has 1 heterocycles. The Hall–Kier alpha value is -0.0400. The van der Waals surface area contributed by atoms with E-state index in [0.29, 0.717) is 0 Å². The average molecular weight is 148 g/mol. The van der Waals surface area contributed by atoms with Crippen molar-refractivity contribution < 1.29 is 4.74 Å². The summed E-state index contributed by atoms with van der Waals surface area (Å²) in [4.78, 5) is 0. The number of ether oxygens (including phenoxy) is 1. The summed E-state index contributed by atoms with van der Waals surface area (Å²) in [5, 5.41) is 0. The molecular formula is C10H12O. The van der Waals surface area contributed by atoms with Gasteiger partial charge in [-0.1, -0.05) is 0 Å². The van der Waals surface area contributed by atoms with E-state index in [4.69, 9.17) is 4.74 Å². The maximum Gasteiger partial charge on any atom is 0.0878 e. The molecule has 1 saturated heterocycles. The minimum Gasteiger partial charge on any atom is -0.369 e.